The molecule has 0 aliphatic carbocycles. The Labute approximate surface area is 115 Å². The van der Waals surface area contributed by atoms with Crippen LogP contribution in [0.5, 0.6) is 5.88 Å². The highest BCUT2D eigenvalue weighted by molar-refractivity contribution is 7.15. The van der Waals surface area contributed by atoms with Gasteiger partial charge in [0.2, 0.25) is 11.8 Å². The molecule has 2 N–H and O–H groups in total. The highest BCUT2D eigenvalue weighted by Crippen LogP contribution is 2.22. The molecule has 6 nitrogen and oxygen atoms in total. The number of nitrogens with one attached hydrogen (secondary N) is 2. The van der Waals surface area contributed by atoms with Crippen LogP contribution < -0.4 is 15.4 Å². The third-order valence-corrected chi connectivity index (χ3v) is 3.59. The van der Waals surface area contributed by atoms with E-state index in [2.05, 4.69) is 15.6 Å². The van der Waals surface area contributed by atoms with Crippen LogP contribution in [0.4, 0.5) is 0 Å². The van der Waals surface area contributed by atoms with Gasteiger partial charge in [-0.25, -0.2) is 0 Å². The third-order valence-electron chi connectivity index (χ3n) is 2.84. The molecule has 0 saturated heterocycles. The molecule has 0 radical (unpaired) electrons. The van der Waals surface area contributed by atoms with Gasteiger partial charge in [-0.3, -0.25) is 9.20 Å². The van der Waals surface area contributed by atoms with Gasteiger partial charge in [-0.2, -0.15) is 4.98 Å². The number of ether oxygens (including phenoxy) is 1. The Morgan fingerprint density at radius 3 is 3.11 bits per heavy atom. The van der Waals surface area contributed by atoms with Crippen molar-refractivity contribution in [1.29, 1.82) is 0 Å². The number of thiazole rings is 1. The Hall–Kier alpha value is -1.60. The average Bonchev–Trinajstić information content (AvgIpc) is 2.96. The van der Waals surface area contributed by atoms with E-state index in [1.54, 1.807) is 18.4 Å². The van der Waals surface area contributed by atoms with Crippen LogP contribution in [0.3, 0.4) is 0 Å². The van der Waals surface area contributed by atoms with Gasteiger partial charge in [0.25, 0.3) is 0 Å². The van der Waals surface area contributed by atoms with E-state index >= 15 is 0 Å². The van der Waals surface area contributed by atoms with Gasteiger partial charge >= 0.3 is 0 Å². The van der Waals surface area contributed by atoms with Crippen LogP contribution in [0.15, 0.2) is 11.6 Å². The number of fused-ring (bicyclic) bond motifs is 1. The second-order valence-electron chi connectivity index (χ2n) is 4.12. The number of hydrogen-bond acceptors (Lipinski definition) is 5. The highest BCUT2D eigenvalue weighted by Gasteiger charge is 2.16. The SMILES string of the molecule is CCNC(=O)C(C)NCc1c(OC)nc2sccn12. The molecule has 0 fully saturated rings. The van der Waals surface area contributed by atoms with Crippen molar-refractivity contribution < 1.29 is 9.53 Å². The standard InChI is InChI=1S/C12H18N4O2S/c1-4-13-10(17)8(2)14-7-9-11(18-3)15-12-16(9)5-6-19-12/h5-6,8,14H,4,7H2,1-3H3,(H,13,17). The first-order valence-corrected chi connectivity index (χ1v) is 7.04. The van der Waals surface area contributed by atoms with Gasteiger partial charge in [0.1, 0.15) is 5.69 Å². The number of hydrogen-bond donors (Lipinski definition) is 2. The zero-order valence-electron chi connectivity index (χ0n) is 11.3. The summed E-state index contributed by atoms with van der Waals surface area (Å²) in [6.07, 6.45) is 1.95. The first kappa shape index (κ1) is 13.8. The summed E-state index contributed by atoms with van der Waals surface area (Å²) in [5.41, 5.74) is 0.926. The number of rotatable bonds is 6. The first-order chi connectivity index (χ1) is 9.17. The van der Waals surface area contributed by atoms with Crippen molar-refractivity contribution in [2.75, 3.05) is 13.7 Å². The molecule has 104 valence electrons. The van der Waals surface area contributed by atoms with Gasteiger partial charge in [0.05, 0.1) is 13.2 Å². The molecule has 7 heteroatoms. The Kier molecular flexibility index (Phi) is 4.39. The molecule has 0 bridgehead atoms. The van der Waals surface area contributed by atoms with Gasteiger partial charge < -0.3 is 15.4 Å². The fourth-order valence-electron chi connectivity index (χ4n) is 1.81. The molecule has 1 amide bonds. The molecular formula is C12H18N4O2S. The van der Waals surface area contributed by atoms with E-state index in [4.69, 9.17) is 4.74 Å². The van der Waals surface area contributed by atoms with Crippen molar-refractivity contribution in [2.24, 2.45) is 0 Å². The number of amides is 1. The van der Waals surface area contributed by atoms with Crippen LogP contribution >= 0.6 is 11.3 Å². The minimum Gasteiger partial charge on any atom is -0.480 e. The van der Waals surface area contributed by atoms with Crippen molar-refractivity contribution in [1.82, 2.24) is 20.0 Å². The summed E-state index contributed by atoms with van der Waals surface area (Å²) in [4.78, 5) is 16.9. The van der Waals surface area contributed by atoms with Crippen molar-refractivity contribution in [3.05, 3.63) is 17.3 Å². The largest absolute Gasteiger partial charge is 0.480 e. The van der Waals surface area contributed by atoms with E-state index in [1.165, 1.54) is 0 Å². The van der Waals surface area contributed by atoms with Crippen LogP contribution in [-0.2, 0) is 11.3 Å². The van der Waals surface area contributed by atoms with Gasteiger partial charge in [-0.05, 0) is 13.8 Å². The monoisotopic (exact) mass is 282 g/mol. The highest BCUT2D eigenvalue weighted by atomic mass is 32.1. The Balaban J connectivity index is 2.08. The number of carbonyl (C=O) groups is 1. The predicted octanol–water partition coefficient (Wildman–Crippen LogP) is 1.02. The molecule has 0 spiro atoms. The van der Waals surface area contributed by atoms with E-state index < -0.39 is 0 Å². The molecule has 2 heterocycles. The lowest BCUT2D eigenvalue weighted by Crippen LogP contribution is -2.41. The van der Waals surface area contributed by atoms with Crippen molar-refractivity contribution in [3.8, 4) is 5.88 Å². The summed E-state index contributed by atoms with van der Waals surface area (Å²) < 4.78 is 7.24. The smallest absolute Gasteiger partial charge is 0.237 e. The maximum atomic E-state index is 11.6. The van der Waals surface area contributed by atoms with E-state index in [9.17, 15) is 4.79 Å². The van der Waals surface area contributed by atoms with E-state index in [0.717, 1.165) is 10.7 Å². The van der Waals surface area contributed by atoms with Crippen LogP contribution in [0.1, 0.15) is 19.5 Å². The maximum Gasteiger partial charge on any atom is 0.237 e. The summed E-state index contributed by atoms with van der Waals surface area (Å²) in [5, 5.41) is 7.93. The van der Waals surface area contributed by atoms with Crippen LogP contribution in [0.2, 0.25) is 0 Å². The molecular weight excluding hydrogens is 264 g/mol. The van der Waals surface area contributed by atoms with E-state index in [1.807, 2.05) is 29.8 Å². The van der Waals surface area contributed by atoms with Crippen LogP contribution in [0.25, 0.3) is 4.96 Å². The zero-order valence-corrected chi connectivity index (χ0v) is 12.1. The lowest BCUT2D eigenvalue weighted by molar-refractivity contribution is -0.122. The Bertz CT molecular complexity index is 563. The molecule has 1 unspecified atom stereocenters. The van der Waals surface area contributed by atoms with Gasteiger partial charge in [-0.1, -0.05) is 0 Å². The molecule has 19 heavy (non-hydrogen) atoms. The molecule has 2 aromatic heterocycles. The summed E-state index contributed by atoms with van der Waals surface area (Å²) in [5.74, 6) is 0.593. The number of likely N-dealkylation sites (N-methyl/N-ethyl adjacent to an activating group) is 1. The lowest BCUT2D eigenvalue weighted by atomic mass is 10.3. The van der Waals surface area contributed by atoms with E-state index in [-0.39, 0.29) is 11.9 Å². The number of nitrogens with zero attached hydrogens (tertiary/aromatic N) is 2. The number of carbonyl (C=O) groups excluding carboxylic acids is 1. The minimum absolute atomic E-state index is 0.00690. The Morgan fingerprint density at radius 2 is 2.42 bits per heavy atom. The fourth-order valence-corrected chi connectivity index (χ4v) is 2.53. The Morgan fingerprint density at radius 1 is 1.63 bits per heavy atom. The van der Waals surface area contributed by atoms with Crippen molar-refractivity contribution >= 4 is 22.2 Å². The van der Waals surface area contributed by atoms with Gasteiger partial charge in [0.15, 0.2) is 4.96 Å². The lowest BCUT2D eigenvalue weighted by Gasteiger charge is -2.13. The molecule has 0 aliphatic rings. The molecule has 0 aliphatic heterocycles. The predicted molar refractivity (Wildman–Crippen MR) is 74.6 cm³/mol. The first-order valence-electron chi connectivity index (χ1n) is 6.16. The summed E-state index contributed by atoms with van der Waals surface area (Å²) in [6, 6.07) is -0.256. The molecule has 0 aromatic carbocycles. The molecule has 0 saturated carbocycles. The number of imidazole rings is 1. The zero-order chi connectivity index (χ0) is 13.8. The van der Waals surface area contributed by atoms with Crippen molar-refractivity contribution in [2.45, 2.75) is 26.4 Å². The molecule has 1 atom stereocenters. The third kappa shape index (κ3) is 2.87. The maximum absolute atomic E-state index is 11.6. The van der Waals surface area contributed by atoms with Crippen LogP contribution in [0, 0.1) is 0 Å². The minimum atomic E-state index is -0.256. The molecule has 2 rings (SSSR count). The summed E-state index contributed by atoms with van der Waals surface area (Å²) in [7, 11) is 1.60. The van der Waals surface area contributed by atoms with Crippen molar-refractivity contribution in [3.63, 3.8) is 0 Å². The second-order valence-corrected chi connectivity index (χ2v) is 4.99. The molecule has 2 aromatic rings. The second kappa shape index (κ2) is 6.03. The summed E-state index contributed by atoms with van der Waals surface area (Å²) in [6.45, 7) is 4.90. The normalized spacial score (nSPS) is 12.6. The van der Waals surface area contributed by atoms with E-state index in [0.29, 0.717) is 19.0 Å². The average molecular weight is 282 g/mol. The topological polar surface area (TPSA) is 67.7 Å². The quantitative estimate of drug-likeness (QED) is 0.830. The number of methoxy groups -OCH3 is 1. The van der Waals surface area contributed by atoms with Crippen LogP contribution in [-0.4, -0.2) is 35.0 Å². The number of aromatic nitrogens is 2. The fraction of sp³-hybridized carbons (Fsp3) is 0.500. The van der Waals surface area contributed by atoms with Gasteiger partial charge in [-0.15, -0.1) is 11.3 Å². The summed E-state index contributed by atoms with van der Waals surface area (Å²) >= 11 is 1.55. The van der Waals surface area contributed by atoms with Gasteiger partial charge in [0, 0.05) is 24.7 Å².